The van der Waals surface area contributed by atoms with Crippen LogP contribution < -0.4 is 15.4 Å². The van der Waals surface area contributed by atoms with Crippen molar-refractivity contribution in [1.29, 1.82) is 5.26 Å². The van der Waals surface area contributed by atoms with E-state index in [0.717, 1.165) is 0 Å². The molecule has 0 aromatic heterocycles. The summed E-state index contributed by atoms with van der Waals surface area (Å²) in [7, 11) is 2.79. The van der Waals surface area contributed by atoms with Crippen molar-refractivity contribution in [3.05, 3.63) is 63.2 Å². The lowest BCUT2D eigenvalue weighted by atomic mass is 9.84. The molecular formula is C21H22ClN5O6. The van der Waals surface area contributed by atoms with E-state index in [9.17, 15) is 20.5 Å². The monoisotopic (exact) mass is 475 g/mol. The van der Waals surface area contributed by atoms with Crippen LogP contribution in [0.1, 0.15) is 18.5 Å². The number of rotatable bonds is 6. The molecule has 0 bridgehead atoms. The number of aliphatic hydroxyl groups excluding tert-OH is 1. The van der Waals surface area contributed by atoms with Gasteiger partial charge < -0.3 is 24.6 Å². The van der Waals surface area contributed by atoms with Gasteiger partial charge in [-0.15, -0.1) is 0 Å². The number of aliphatic imine (C=N–C) groups is 1. The number of anilines is 1. The Labute approximate surface area is 194 Å². The minimum atomic E-state index is -1.43. The summed E-state index contributed by atoms with van der Waals surface area (Å²) in [5.41, 5.74) is -0.811. The first-order valence-corrected chi connectivity index (χ1v) is 10.1. The molecule has 1 aliphatic heterocycles. The number of benzene rings is 2. The van der Waals surface area contributed by atoms with Gasteiger partial charge in [-0.25, -0.2) is 4.99 Å². The highest BCUT2D eigenvalue weighted by Gasteiger charge is 2.52. The third-order valence-electron chi connectivity index (χ3n) is 5.18. The second-order valence-corrected chi connectivity index (χ2v) is 7.74. The van der Waals surface area contributed by atoms with Crippen LogP contribution in [0.4, 0.5) is 11.4 Å². The van der Waals surface area contributed by atoms with Gasteiger partial charge in [-0.3, -0.25) is 15.4 Å². The lowest BCUT2D eigenvalue weighted by molar-refractivity contribution is -0.385. The standard InChI is InChI=1S/C21H22ClN5O6/c1-21(19(31-2)32-3)18(28)17(15-10-14(27(29)30)8-9-16(15)33-21)26-20(24-11-23)25-13-6-4-12(22)5-7-13/h4-10,17-19,28H,1-3H3,(H2,24,25,26)/t17?,18?,21-/m1/s1. The first-order valence-electron chi connectivity index (χ1n) is 9.70. The lowest BCUT2D eigenvalue weighted by Gasteiger charge is -2.45. The molecule has 0 saturated heterocycles. The number of nitro benzene ring substituents is 1. The fourth-order valence-corrected chi connectivity index (χ4v) is 3.73. The van der Waals surface area contributed by atoms with Crippen LogP contribution in [0.15, 0.2) is 47.5 Å². The van der Waals surface area contributed by atoms with E-state index < -0.39 is 29.0 Å². The van der Waals surface area contributed by atoms with Crippen LogP contribution >= 0.6 is 11.6 Å². The maximum absolute atomic E-state index is 11.3. The van der Waals surface area contributed by atoms with Crippen LogP contribution in [0.2, 0.25) is 5.02 Å². The van der Waals surface area contributed by atoms with E-state index in [1.165, 1.54) is 32.4 Å². The first kappa shape index (κ1) is 24.2. The molecule has 0 fully saturated rings. The molecule has 0 aliphatic carbocycles. The molecule has 0 spiro atoms. The zero-order valence-corrected chi connectivity index (χ0v) is 18.7. The maximum Gasteiger partial charge on any atom is 0.270 e. The van der Waals surface area contributed by atoms with Crippen molar-refractivity contribution >= 4 is 28.9 Å². The SMILES string of the molecule is COC(OC)[C@]1(C)Oc2ccc([N+](=O)[O-])cc2C(N=C(NC#N)Nc2ccc(Cl)cc2)C1O. The number of non-ortho nitro benzene ring substituents is 1. The number of nitro groups is 1. The fraction of sp³-hybridized carbons (Fsp3) is 0.333. The zero-order valence-electron chi connectivity index (χ0n) is 18.0. The second-order valence-electron chi connectivity index (χ2n) is 7.30. The molecule has 3 rings (SSSR count). The number of aliphatic hydroxyl groups is 1. The number of methoxy groups -OCH3 is 2. The van der Waals surface area contributed by atoms with Crippen molar-refractivity contribution in [3.8, 4) is 11.9 Å². The highest BCUT2D eigenvalue weighted by atomic mass is 35.5. The van der Waals surface area contributed by atoms with E-state index in [4.69, 9.17) is 25.8 Å². The average Bonchev–Trinajstić information content (AvgIpc) is 2.79. The number of ether oxygens (including phenoxy) is 3. The minimum Gasteiger partial charge on any atom is -0.479 e. The number of nitriles is 1. The molecule has 0 radical (unpaired) electrons. The summed E-state index contributed by atoms with van der Waals surface area (Å²) in [5, 5.41) is 37.7. The summed E-state index contributed by atoms with van der Waals surface area (Å²) >= 11 is 5.92. The molecule has 11 nitrogen and oxygen atoms in total. The third kappa shape index (κ3) is 4.99. The van der Waals surface area contributed by atoms with Crippen molar-refractivity contribution in [1.82, 2.24) is 5.32 Å². The number of fused-ring (bicyclic) bond motifs is 1. The van der Waals surface area contributed by atoms with Crippen LogP contribution in [-0.4, -0.2) is 48.2 Å². The quantitative estimate of drug-likeness (QED) is 0.109. The normalized spacial score (nSPS) is 22.2. The van der Waals surface area contributed by atoms with E-state index in [0.29, 0.717) is 10.7 Å². The Bertz CT molecular complexity index is 1090. The topological polar surface area (TPSA) is 151 Å². The third-order valence-corrected chi connectivity index (χ3v) is 5.44. The van der Waals surface area contributed by atoms with Gasteiger partial charge in [-0.1, -0.05) is 11.6 Å². The highest BCUT2D eigenvalue weighted by Crippen LogP contribution is 2.45. The molecule has 12 heteroatoms. The van der Waals surface area contributed by atoms with Crippen molar-refractivity contribution in [2.45, 2.75) is 31.0 Å². The van der Waals surface area contributed by atoms with Crippen LogP contribution in [0, 0.1) is 21.6 Å². The summed E-state index contributed by atoms with van der Waals surface area (Å²) < 4.78 is 16.7. The van der Waals surface area contributed by atoms with Gasteiger partial charge in [-0.2, -0.15) is 5.26 Å². The van der Waals surface area contributed by atoms with Crippen LogP contribution in [0.3, 0.4) is 0 Å². The van der Waals surface area contributed by atoms with E-state index in [1.54, 1.807) is 37.4 Å². The largest absolute Gasteiger partial charge is 0.479 e. The molecule has 1 heterocycles. The Kier molecular flexibility index (Phi) is 7.35. The summed E-state index contributed by atoms with van der Waals surface area (Å²) in [4.78, 5) is 15.3. The van der Waals surface area contributed by atoms with E-state index in [-0.39, 0.29) is 23.0 Å². The van der Waals surface area contributed by atoms with Crippen molar-refractivity contribution in [2.24, 2.45) is 4.99 Å². The predicted molar refractivity (Wildman–Crippen MR) is 120 cm³/mol. The van der Waals surface area contributed by atoms with Gasteiger partial charge in [0, 0.05) is 42.6 Å². The lowest BCUT2D eigenvalue weighted by Crippen LogP contribution is -2.59. The molecule has 174 valence electrons. The molecule has 0 amide bonds. The molecule has 33 heavy (non-hydrogen) atoms. The number of halogens is 1. The average molecular weight is 476 g/mol. The summed E-state index contributed by atoms with van der Waals surface area (Å²) in [5.74, 6) is 0.251. The van der Waals surface area contributed by atoms with Crippen molar-refractivity contribution in [2.75, 3.05) is 19.5 Å². The first-order chi connectivity index (χ1) is 15.7. The van der Waals surface area contributed by atoms with Crippen molar-refractivity contribution < 1.29 is 24.2 Å². The Morgan fingerprint density at radius 1 is 1.33 bits per heavy atom. The zero-order chi connectivity index (χ0) is 24.2. The predicted octanol–water partition coefficient (Wildman–Crippen LogP) is 2.96. The molecule has 2 aromatic rings. The molecule has 1 aliphatic rings. The Balaban J connectivity index is 2.12. The molecule has 0 saturated carbocycles. The van der Waals surface area contributed by atoms with Gasteiger partial charge >= 0.3 is 0 Å². The smallest absolute Gasteiger partial charge is 0.270 e. The van der Waals surface area contributed by atoms with Gasteiger partial charge in [0.15, 0.2) is 18.1 Å². The van der Waals surface area contributed by atoms with Gasteiger partial charge in [-0.05, 0) is 37.3 Å². The van der Waals surface area contributed by atoms with Crippen LogP contribution in [0.25, 0.3) is 0 Å². The number of hydrogen-bond donors (Lipinski definition) is 3. The molecule has 3 atom stereocenters. The van der Waals surface area contributed by atoms with Gasteiger partial charge in [0.05, 0.1) is 4.92 Å². The number of hydrogen-bond acceptors (Lipinski definition) is 8. The van der Waals surface area contributed by atoms with Crippen LogP contribution in [0.5, 0.6) is 5.75 Å². The maximum atomic E-state index is 11.3. The van der Waals surface area contributed by atoms with E-state index in [1.807, 2.05) is 0 Å². The van der Waals surface area contributed by atoms with Gasteiger partial charge in [0.25, 0.3) is 5.69 Å². The van der Waals surface area contributed by atoms with Crippen molar-refractivity contribution in [3.63, 3.8) is 0 Å². The number of guanidine groups is 1. The molecular weight excluding hydrogens is 454 g/mol. The Morgan fingerprint density at radius 3 is 2.58 bits per heavy atom. The Hall–Kier alpha value is -3.43. The summed E-state index contributed by atoms with van der Waals surface area (Å²) in [6.07, 6.45) is -0.587. The summed E-state index contributed by atoms with van der Waals surface area (Å²) in [6.45, 7) is 1.58. The van der Waals surface area contributed by atoms with Gasteiger partial charge in [0.2, 0.25) is 5.96 Å². The fourth-order valence-electron chi connectivity index (χ4n) is 3.60. The molecule has 2 unspecified atom stereocenters. The number of nitrogens with one attached hydrogen (secondary N) is 2. The highest BCUT2D eigenvalue weighted by molar-refractivity contribution is 6.30. The Morgan fingerprint density at radius 2 is 2.00 bits per heavy atom. The minimum absolute atomic E-state index is 0.00281. The van der Waals surface area contributed by atoms with E-state index >= 15 is 0 Å². The number of nitrogens with zero attached hydrogens (tertiary/aromatic N) is 3. The van der Waals surface area contributed by atoms with Crippen LogP contribution in [-0.2, 0) is 9.47 Å². The molecule has 3 N–H and O–H groups in total. The van der Waals surface area contributed by atoms with E-state index in [2.05, 4.69) is 15.6 Å². The molecule has 2 aromatic carbocycles. The second kappa shape index (κ2) is 10.0. The van der Waals surface area contributed by atoms with Gasteiger partial charge in [0.1, 0.15) is 17.9 Å². The summed E-state index contributed by atoms with van der Waals surface area (Å²) in [6, 6.07) is 9.54.